The van der Waals surface area contributed by atoms with Crippen LogP contribution in [-0.2, 0) is 9.47 Å². The number of aromatic amines is 1. The Labute approximate surface area is 210 Å². The van der Waals surface area contributed by atoms with E-state index in [9.17, 15) is 0 Å². The van der Waals surface area contributed by atoms with E-state index in [0.29, 0.717) is 6.04 Å². The second kappa shape index (κ2) is 12.3. The van der Waals surface area contributed by atoms with Gasteiger partial charge in [0.15, 0.2) is 6.29 Å². The third kappa shape index (κ3) is 6.29. The van der Waals surface area contributed by atoms with Gasteiger partial charge in [0, 0.05) is 6.42 Å². The Morgan fingerprint density at radius 3 is 2.14 bits per heavy atom. The Morgan fingerprint density at radius 1 is 0.886 bits per heavy atom. The third-order valence-electron chi connectivity index (χ3n) is 6.84. The number of H-pyrrole nitrogens is 1. The first-order valence-electron chi connectivity index (χ1n) is 13.1. The Balaban J connectivity index is 0.00000141. The molecule has 2 N–H and O–H groups in total. The van der Waals surface area contributed by atoms with Crippen LogP contribution < -0.4 is 5.32 Å². The Kier molecular flexibility index (Phi) is 8.91. The van der Waals surface area contributed by atoms with Crippen LogP contribution in [0, 0.1) is 0 Å². The van der Waals surface area contributed by atoms with E-state index in [4.69, 9.17) is 9.47 Å². The minimum Gasteiger partial charge on any atom is -0.352 e. The van der Waals surface area contributed by atoms with Gasteiger partial charge < -0.3 is 19.8 Å². The molecule has 2 aliphatic heterocycles. The third-order valence-corrected chi connectivity index (χ3v) is 6.84. The van der Waals surface area contributed by atoms with E-state index in [-0.39, 0.29) is 6.29 Å². The molecule has 0 saturated carbocycles. The van der Waals surface area contributed by atoms with E-state index in [1.54, 1.807) is 0 Å². The largest absolute Gasteiger partial charge is 0.352 e. The van der Waals surface area contributed by atoms with Gasteiger partial charge in [-0.2, -0.15) is 0 Å². The fourth-order valence-corrected chi connectivity index (χ4v) is 4.64. The minimum atomic E-state index is -0.105. The highest BCUT2D eigenvalue weighted by Gasteiger charge is 2.19. The molecule has 2 fully saturated rings. The summed E-state index contributed by atoms with van der Waals surface area (Å²) in [6.07, 6.45) is 6.01. The molecule has 5 rings (SSSR count). The maximum Gasteiger partial charge on any atom is 0.161 e. The number of rotatable bonds is 6. The first-order chi connectivity index (χ1) is 17.2. The van der Waals surface area contributed by atoms with Crippen LogP contribution in [0.25, 0.3) is 28.0 Å². The Hall–Kier alpha value is -2.73. The second-order valence-corrected chi connectivity index (χ2v) is 9.12. The van der Waals surface area contributed by atoms with Gasteiger partial charge in [-0.1, -0.05) is 68.0 Å². The first kappa shape index (κ1) is 25.4. The summed E-state index contributed by atoms with van der Waals surface area (Å²) in [4.78, 5) is 8.09. The Bertz CT molecular complexity index is 1090. The average molecular weight is 474 g/mol. The van der Waals surface area contributed by atoms with E-state index < -0.39 is 0 Å². The smallest absolute Gasteiger partial charge is 0.161 e. The second-order valence-electron chi connectivity index (χ2n) is 9.12. The maximum absolute atomic E-state index is 5.71. The molecule has 0 unspecified atom stereocenters. The van der Waals surface area contributed by atoms with Gasteiger partial charge in [-0.05, 0) is 67.5 Å². The highest BCUT2D eigenvalue weighted by molar-refractivity contribution is 5.72. The predicted octanol–water partition coefficient (Wildman–Crippen LogP) is 7.14. The Morgan fingerprint density at radius 2 is 1.51 bits per heavy atom. The molecule has 3 heterocycles. The summed E-state index contributed by atoms with van der Waals surface area (Å²) >= 11 is 0. The van der Waals surface area contributed by atoms with E-state index in [0.717, 1.165) is 56.1 Å². The number of nitrogens with zero attached hydrogens (tertiary/aromatic N) is 1. The zero-order chi connectivity index (χ0) is 24.6. The standard InChI is InChI=1S/C28H33N3O2.C2H6/c1-19(17-27-32-15-4-16-33-27)20(2)21-6-8-22(9-7-21)23-10-12-24(13-11-23)26-18-30-28(31-26)25-5-3-14-29-25;1-2/h6-13,18,25,27,29H,3-5,14-17H2,1-2H3,(H,30,31);1-2H3/b20-19-;/t25-;/m0./s1. The van der Waals surface area contributed by atoms with Crippen LogP contribution in [-0.4, -0.2) is 36.0 Å². The number of allylic oxidation sites excluding steroid dienone is 1. The van der Waals surface area contributed by atoms with Crippen molar-refractivity contribution in [2.75, 3.05) is 19.8 Å². The molecule has 0 amide bonds. The van der Waals surface area contributed by atoms with Gasteiger partial charge in [0.1, 0.15) is 5.82 Å². The quantitative estimate of drug-likeness (QED) is 0.399. The molecule has 0 radical (unpaired) electrons. The van der Waals surface area contributed by atoms with E-state index in [1.165, 1.54) is 34.3 Å². The number of hydrogen-bond donors (Lipinski definition) is 2. The van der Waals surface area contributed by atoms with Crippen molar-refractivity contribution in [3.63, 3.8) is 0 Å². The summed E-state index contributed by atoms with van der Waals surface area (Å²) in [6, 6.07) is 17.9. The van der Waals surface area contributed by atoms with Crippen LogP contribution >= 0.6 is 0 Å². The number of imidazole rings is 1. The van der Waals surface area contributed by atoms with Crippen molar-refractivity contribution in [2.45, 2.75) is 65.7 Å². The van der Waals surface area contributed by atoms with Crippen molar-refractivity contribution in [1.82, 2.24) is 15.3 Å². The van der Waals surface area contributed by atoms with Crippen LogP contribution in [0.15, 0.2) is 60.3 Å². The van der Waals surface area contributed by atoms with Crippen molar-refractivity contribution in [3.05, 3.63) is 71.7 Å². The zero-order valence-corrected chi connectivity index (χ0v) is 21.6. The first-order valence-corrected chi connectivity index (χ1v) is 13.1. The van der Waals surface area contributed by atoms with Crippen molar-refractivity contribution in [2.24, 2.45) is 0 Å². The highest BCUT2D eigenvalue weighted by atomic mass is 16.7. The summed E-state index contributed by atoms with van der Waals surface area (Å²) < 4.78 is 11.4. The lowest BCUT2D eigenvalue weighted by Crippen LogP contribution is -2.25. The van der Waals surface area contributed by atoms with E-state index in [1.807, 2.05) is 20.0 Å². The number of hydrogen-bond acceptors (Lipinski definition) is 4. The van der Waals surface area contributed by atoms with Crippen LogP contribution in [0.1, 0.15) is 70.8 Å². The molecule has 0 spiro atoms. The van der Waals surface area contributed by atoms with Crippen LogP contribution in [0.3, 0.4) is 0 Å². The van der Waals surface area contributed by atoms with Gasteiger partial charge in [-0.15, -0.1) is 0 Å². The van der Waals surface area contributed by atoms with E-state index in [2.05, 4.69) is 77.7 Å². The summed E-state index contributed by atoms with van der Waals surface area (Å²) in [5, 5.41) is 3.50. The molecule has 2 aliphatic rings. The number of nitrogens with one attached hydrogen (secondary N) is 2. The van der Waals surface area contributed by atoms with Crippen molar-refractivity contribution >= 4 is 5.57 Å². The molecule has 35 heavy (non-hydrogen) atoms. The molecule has 2 saturated heterocycles. The lowest BCUT2D eigenvalue weighted by atomic mass is 9.97. The van der Waals surface area contributed by atoms with Gasteiger partial charge >= 0.3 is 0 Å². The molecule has 5 heteroatoms. The molecule has 0 bridgehead atoms. The minimum absolute atomic E-state index is 0.105. The van der Waals surface area contributed by atoms with Crippen LogP contribution in [0.2, 0.25) is 0 Å². The topological polar surface area (TPSA) is 59.2 Å². The molecular formula is C30H39N3O2. The van der Waals surface area contributed by atoms with Crippen molar-refractivity contribution in [1.29, 1.82) is 0 Å². The summed E-state index contributed by atoms with van der Waals surface area (Å²) in [6.45, 7) is 11.0. The summed E-state index contributed by atoms with van der Waals surface area (Å²) in [7, 11) is 0. The molecule has 3 aromatic rings. The normalized spacial score (nSPS) is 19.1. The molecule has 1 atom stereocenters. The summed E-state index contributed by atoms with van der Waals surface area (Å²) in [5.74, 6) is 1.04. The molecule has 0 aliphatic carbocycles. The molecule has 1 aromatic heterocycles. The van der Waals surface area contributed by atoms with Gasteiger partial charge in [0.2, 0.25) is 0 Å². The van der Waals surface area contributed by atoms with Crippen LogP contribution in [0.4, 0.5) is 0 Å². The van der Waals surface area contributed by atoms with E-state index >= 15 is 0 Å². The molecule has 186 valence electrons. The molecule has 5 nitrogen and oxygen atoms in total. The van der Waals surface area contributed by atoms with Gasteiger partial charge in [0.05, 0.1) is 31.1 Å². The van der Waals surface area contributed by atoms with Crippen LogP contribution in [0.5, 0.6) is 0 Å². The zero-order valence-electron chi connectivity index (χ0n) is 21.6. The predicted molar refractivity (Wildman–Crippen MR) is 144 cm³/mol. The van der Waals surface area contributed by atoms with Gasteiger partial charge in [-0.3, -0.25) is 0 Å². The molecular weight excluding hydrogens is 434 g/mol. The van der Waals surface area contributed by atoms with Gasteiger partial charge in [-0.25, -0.2) is 4.98 Å². The lowest BCUT2D eigenvalue weighted by Gasteiger charge is -2.24. The van der Waals surface area contributed by atoms with Gasteiger partial charge in [0.25, 0.3) is 0 Å². The monoisotopic (exact) mass is 473 g/mol. The lowest BCUT2D eigenvalue weighted by molar-refractivity contribution is -0.176. The number of ether oxygens (including phenoxy) is 2. The average Bonchev–Trinajstić information content (AvgIpc) is 3.63. The highest BCUT2D eigenvalue weighted by Crippen LogP contribution is 2.29. The van der Waals surface area contributed by atoms with Crippen molar-refractivity contribution in [3.8, 4) is 22.4 Å². The molecule has 2 aromatic carbocycles. The fourth-order valence-electron chi connectivity index (χ4n) is 4.64. The summed E-state index contributed by atoms with van der Waals surface area (Å²) in [5.41, 5.74) is 8.51. The number of aromatic nitrogens is 2. The number of benzene rings is 2. The SMILES string of the molecule is C/C(CC1OCCCO1)=C(\C)c1ccc(-c2ccc(-c3cnc([C@@H]4CCCN4)[nH]3)cc2)cc1.CC. The fraction of sp³-hybridized carbons (Fsp3) is 0.433. The maximum atomic E-state index is 5.71. The van der Waals surface area contributed by atoms with Crippen molar-refractivity contribution < 1.29 is 9.47 Å².